The molecular formula is C27H40O4. The lowest BCUT2D eigenvalue weighted by Crippen LogP contribution is -2.48. The van der Waals surface area contributed by atoms with Gasteiger partial charge in [0.1, 0.15) is 6.10 Å². The second-order valence-electron chi connectivity index (χ2n) is 11.1. The van der Waals surface area contributed by atoms with Gasteiger partial charge in [-0.3, -0.25) is 9.59 Å². The van der Waals surface area contributed by atoms with Crippen molar-refractivity contribution in [3.05, 3.63) is 23.3 Å². The molecule has 0 radical (unpaired) electrons. The molecule has 4 aliphatic carbocycles. The van der Waals surface area contributed by atoms with E-state index in [1.54, 1.807) is 11.1 Å². The number of esters is 2. The van der Waals surface area contributed by atoms with Gasteiger partial charge in [-0.2, -0.15) is 0 Å². The Kier molecular flexibility index (Phi) is 6.13. The lowest BCUT2D eigenvalue weighted by molar-refractivity contribution is -0.151. The monoisotopic (exact) mass is 428 g/mol. The van der Waals surface area contributed by atoms with Crippen molar-refractivity contribution in [3.8, 4) is 0 Å². The van der Waals surface area contributed by atoms with Gasteiger partial charge in [0, 0.05) is 13.3 Å². The molecule has 0 amide bonds. The molecular weight excluding hydrogens is 388 g/mol. The molecule has 2 saturated carbocycles. The van der Waals surface area contributed by atoms with Crippen molar-refractivity contribution in [1.29, 1.82) is 0 Å². The maximum Gasteiger partial charge on any atom is 0.305 e. The van der Waals surface area contributed by atoms with Crippen LogP contribution in [-0.4, -0.2) is 25.2 Å². The summed E-state index contributed by atoms with van der Waals surface area (Å²) in [4.78, 5) is 23.1. The van der Waals surface area contributed by atoms with Crippen LogP contribution in [0.4, 0.5) is 0 Å². The van der Waals surface area contributed by atoms with Gasteiger partial charge < -0.3 is 9.47 Å². The minimum atomic E-state index is -0.138. The summed E-state index contributed by atoms with van der Waals surface area (Å²) in [5, 5.41) is 0. The summed E-state index contributed by atoms with van der Waals surface area (Å²) < 4.78 is 10.5. The zero-order valence-corrected chi connectivity index (χ0v) is 20.0. The van der Waals surface area contributed by atoms with Crippen LogP contribution in [0.5, 0.6) is 0 Å². The van der Waals surface area contributed by atoms with Gasteiger partial charge in [0.15, 0.2) is 0 Å². The molecule has 0 bridgehead atoms. The van der Waals surface area contributed by atoms with Crippen molar-refractivity contribution in [3.63, 3.8) is 0 Å². The summed E-state index contributed by atoms with van der Waals surface area (Å²) in [5.74, 6) is 2.17. The Labute approximate surface area is 187 Å². The van der Waals surface area contributed by atoms with Crippen molar-refractivity contribution in [2.75, 3.05) is 7.11 Å². The van der Waals surface area contributed by atoms with Crippen molar-refractivity contribution < 1.29 is 19.1 Å². The van der Waals surface area contributed by atoms with Gasteiger partial charge in [-0.15, -0.1) is 0 Å². The predicted octanol–water partition coefficient (Wildman–Crippen LogP) is 6.01. The Morgan fingerprint density at radius 3 is 2.65 bits per heavy atom. The second kappa shape index (κ2) is 8.41. The molecule has 4 nitrogen and oxygen atoms in total. The van der Waals surface area contributed by atoms with E-state index in [1.807, 2.05) is 0 Å². The van der Waals surface area contributed by atoms with Crippen molar-refractivity contribution in [2.45, 2.75) is 91.6 Å². The fourth-order valence-electron chi connectivity index (χ4n) is 7.80. The Morgan fingerprint density at radius 1 is 1.16 bits per heavy atom. The van der Waals surface area contributed by atoms with Crippen molar-refractivity contribution in [1.82, 2.24) is 0 Å². The molecule has 0 spiro atoms. The first-order chi connectivity index (χ1) is 14.7. The highest BCUT2D eigenvalue weighted by Crippen LogP contribution is 2.65. The van der Waals surface area contributed by atoms with Gasteiger partial charge in [0.2, 0.25) is 0 Å². The molecule has 0 aromatic heterocycles. The van der Waals surface area contributed by atoms with Crippen LogP contribution < -0.4 is 0 Å². The smallest absolute Gasteiger partial charge is 0.305 e. The highest BCUT2D eigenvalue weighted by Gasteiger charge is 2.55. The van der Waals surface area contributed by atoms with Crippen LogP contribution in [0.1, 0.15) is 85.5 Å². The first kappa shape index (κ1) is 22.6. The summed E-state index contributed by atoms with van der Waals surface area (Å²) in [5.41, 5.74) is 3.77. The fraction of sp³-hybridized carbons (Fsp3) is 0.778. The van der Waals surface area contributed by atoms with Gasteiger partial charge in [0.05, 0.1) is 7.11 Å². The largest absolute Gasteiger partial charge is 0.469 e. The van der Waals surface area contributed by atoms with E-state index in [4.69, 9.17) is 9.47 Å². The van der Waals surface area contributed by atoms with Crippen molar-refractivity contribution in [2.24, 2.45) is 34.5 Å². The third-order valence-corrected chi connectivity index (χ3v) is 9.49. The molecule has 2 fully saturated rings. The highest BCUT2D eigenvalue weighted by atomic mass is 16.5. The minimum absolute atomic E-state index is 0.103. The van der Waals surface area contributed by atoms with Crippen LogP contribution in [0, 0.1) is 34.5 Å². The molecule has 172 valence electrons. The molecule has 0 heterocycles. The Hall–Kier alpha value is -1.58. The number of hydrogen-bond donors (Lipinski definition) is 0. The van der Waals surface area contributed by atoms with Crippen LogP contribution in [0.15, 0.2) is 23.3 Å². The quantitative estimate of drug-likeness (QED) is 0.398. The molecule has 31 heavy (non-hydrogen) atoms. The zero-order chi connectivity index (χ0) is 22.4. The van der Waals surface area contributed by atoms with Crippen LogP contribution in [-0.2, 0) is 19.1 Å². The Morgan fingerprint density at radius 2 is 1.94 bits per heavy atom. The van der Waals surface area contributed by atoms with Crippen molar-refractivity contribution >= 4 is 11.9 Å². The van der Waals surface area contributed by atoms with E-state index in [-0.39, 0.29) is 28.9 Å². The summed E-state index contributed by atoms with van der Waals surface area (Å²) in [6.45, 7) is 8.79. The third-order valence-electron chi connectivity index (χ3n) is 9.49. The number of hydrogen-bond acceptors (Lipinski definition) is 4. The Bertz CT molecular complexity index is 795. The van der Waals surface area contributed by atoms with Gasteiger partial charge in [-0.05, 0) is 85.9 Å². The molecule has 0 aliphatic heterocycles. The van der Waals surface area contributed by atoms with E-state index in [0.717, 1.165) is 32.1 Å². The average molecular weight is 429 g/mol. The lowest BCUT2D eigenvalue weighted by Gasteiger charge is -2.57. The molecule has 4 rings (SSSR count). The summed E-state index contributed by atoms with van der Waals surface area (Å²) in [6, 6.07) is 0. The topological polar surface area (TPSA) is 52.6 Å². The highest BCUT2D eigenvalue weighted by molar-refractivity contribution is 5.69. The van der Waals surface area contributed by atoms with Gasteiger partial charge >= 0.3 is 11.9 Å². The molecule has 0 aromatic carbocycles. The fourth-order valence-corrected chi connectivity index (χ4v) is 7.80. The first-order valence-electron chi connectivity index (χ1n) is 12.3. The predicted molar refractivity (Wildman–Crippen MR) is 121 cm³/mol. The maximum atomic E-state index is 11.7. The number of carbonyl (C=O) groups excluding carboxylic acids is 2. The number of carbonyl (C=O) groups is 2. The normalized spacial score (nSPS) is 39.9. The number of rotatable bonds is 5. The van der Waals surface area contributed by atoms with Gasteiger partial charge in [-0.1, -0.05) is 44.1 Å². The number of methoxy groups -OCH3 is 1. The zero-order valence-electron chi connectivity index (χ0n) is 20.0. The standard InChI is InChI=1S/C27H40O4/c1-17(6-11-25(29)30-5)22-9-10-23-21-8-7-19-16-20(31-18(2)28)12-14-26(19,3)24(21)13-15-27(22,23)4/h9,13,17,19-21,23H,6-8,10-12,14-16H2,1-5H3/t17-,19-,20-,21?,23?,26+,27-/m1/s1. The van der Waals surface area contributed by atoms with Gasteiger partial charge in [-0.25, -0.2) is 0 Å². The van der Waals surface area contributed by atoms with Gasteiger partial charge in [0.25, 0.3) is 0 Å². The number of ether oxygens (including phenoxy) is 2. The number of allylic oxidation sites excluding steroid dienone is 4. The van der Waals surface area contributed by atoms with Crippen LogP contribution in [0.2, 0.25) is 0 Å². The van der Waals surface area contributed by atoms with E-state index in [2.05, 4.69) is 32.9 Å². The third kappa shape index (κ3) is 3.89. The lowest BCUT2D eigenvalue weighted by atomic mass is 9.48. The van der Waals surface area contributed by atoms with Crippen LogP contribution >= 0.6 is 0 Å². The van der Waals surface area contributed by atoms with E-state index in [1.165, 1.54) is 33.3 Å². The second-order valence-corrected chi connectivity index (χ2v) is 11.1. The van der Waals surface area contributed by atoms with E-state index >= 15 is 0 Å². The minimum Gasteiger partial charge on any atom is -0.469 e. The molecule has 7 atom stereocenters. The molecule has 4 heteroatoms. The molecule has 0 saturated heterocycles. The number of fused-ring (bicyclic) bond motifs is 5. The summed E-state index contributed by atoms with van der Waals surface area (Å²) in [7, 11) is 1.48. The maximum absolute atomic E-state index is 11.7. The molecule has 0 N–H and O–H groups in total. The van der Waals surface area contributed by atoms with E-state index < -0.39 is 0 Å². The molecule has 0 aromatic rings. The molecule has 2 unspecified atom stereocenters. The molecule has 4 aliphatic rings. The van der Waals surface area contributed by atoms with Crippen LogP contribution in [0.3, 0.4) is 0 Å². The Balaban J connectivity index is 1.50. The van der Waals surface area contributed by atoms with E-state index in [9.17, 15) is 9.59 Å². The van der Waals surface area contributed by atoms with Crippen LogP contribution in [0.25, 0.3) is 0 Å². The SMILES string of the molecule is COC(=O)CC[C@@H](C)C1=CCC2C3CC[C@@H]4C[C@H](OC(C)=O)CC[C@]4(C)C3=CC[C@]12C. The van der Waals surface area contributed by atoms with E-state index in [0.29, 0.717) is 30.1 Å². The summed E-state index contributed by atoms with van der Waals surface area (Å²) in [6.07, 6.45) is 14.6. The summed E-state index contributed by atoms with van der Waals surface area (Å²) >= 11 is 0. The average Bonchev–Trinajstić information content (AvgIpc) is 3.09. The first-order valence-corrected chi connectivity index (χ1v) is 12.3.